The highest BCUT2D eigenvalue weighted by molar-refractivity contribution is 5.88. The number of imidazole rings is 1. The SMILES string of the molecule is Cn1c(=O)n(Cc2ccccc2C#N)c2c(N3CCCC(N)C3)cc(OC=O)nc21. The van der Waals surface area contributed by atoms with E-state index >= 15 is 0 Å². The third-order valence-electron chi connectivity index (χ3n) is 5.47. The average molecular weight is 406 g/mol. The Morgan fingerprint density at radius 3 is 2.93 bits per heavy atom. The number of hydrogen-bond donors (Lipinski definition) is 1. The smallest absolute Gasteiger partial charge is 0.330 e. The summed E-state index contributed by atoms with van der Waals surface area (Å²) >= 11 is 0. The lowest BCUT2D eigenvalue weighted by Crippen LogP contribution is -2.43. The van der Waals surface area contributed by atoms with Crippen LogP contribution in [0.4, 0.5) is 5.69 Å². The Morgan fingerprint density at radius 1 is 1.40 bits per heavy atom. The lowest BCUT2D eigenvalue weighted by molar-refractivity contribution is -0.120. The summed E-state index contributed by atoms with van der Waals surface area (Å²) in [6.45, 7) is 1.93. The number of ether oxygens (including phenoxy) is 1. The predicted octanol–water partition coefficient (Wildman–Crippen LogP) is 1.12. The summed E-state index contributed by atoms with van der Waals surface area (Å²) in [6, 6.07) is 11.0. The maximum Gasteiger partial charge on any atom is 0.330 e. The number of anilines is 1. The third kappa shape index (κ3) is 3.42. The fourth-order valence-corrected chi connectivity index (χ4v) is 4.01. The van der Waals surface area contributed by atoms with E-state index in [-0.39, 0.29) is 24.2 Å². The van der Waals surface area contributed by atoms with Gasteiger partial charge in [-0.05, 0) is 24.5 Å². The second kappa shape index (κ2) is 8.00. The van der Waals surface area contributed by atoms with Gasteiger partial charge in [0.15, 0.2) is 5.65 Å². The highest BCUT2D eigenvalue weighted by Gasteiger charge is 2.25. The average Bonchev–Trinajstić information content (AvgIpc) is 2.99. The Labute approximate surface area is 172 Å². The first kappa shape index (κ1) is 19.7. The lowest BCUT2D eigenvalue weighted by atomic mass is 10.1. The van der Waals surface area contributed by atoms with Gasteiger partial charge < -0.3 is 15.4 Å². The molecular weight excluding hydrogens is 384 g/mol. The van der Waals surface area contributed by atoms with Crippen LogP contribution in [0, 0.1) is 11.3 Å². The molecule has 1 saturated heterocycles. The van der Waals surface area contributed by atoms with E-state index in [2.05, 4.69) is 16.0 Å². The van der Waals surface area contributed by atoms with Gasteiger partial charge in [-0.15, -0.1) is 0 Å². The Kier molecular flexibility index (Phi) is 5.25. The molecule has 1 aliphatic rings. The third-order valence-corrected chi connectivity index (χ3v) is 5.47. The fourth-order valence-electron chi connectivity index (χ4n) is 4.01. The van der Waals surface area contributed by atoms with Crippen molar-refractivity contribution in [2.24, 2.45) is 12.8 Å². The van der Waals surface area contributed by atoms with Crippen LogP contribution in [0.5, 0.6) is 5.88 Å². The number of nitrogens with zero attached hydrogens (tertiary/aromatic N) is 5. The number of fused-ring (bicyclic) bond motifs is 1. The molecule has 2 N–H and O–H groups in total. The Balaban J connectivity index is 1.94. The molecule has 2 aromatic heterocycles. The number of aryl methyl sites for hydroxylation is 1. The fraction of sp³-hybridized carbons (Fsp3) is 0.333. The van der Waals surface area contributed by atoms with Crippen molar-refractivity contribution in [2.45, 2.75) is 25.4 Å². The molecule has 0 spiro atoms. The molecule has 30 heavy (non-hydrogen) atoms. The van der Waals surface area contributed by atoms with Crippen molar-refractivity contribution >= 4 is 23.3 Å². The molecule has 1 atom stereocenters. The summed E-state index contributed by atoms with van der Waals surface area (Å²) in [6.07, 6.45) is 1.85. The van der Waals surface area contributed by atoms with E-state index in [1.807, 2.05) is 12.1 Å². The maximum absolute atomic E-state index is 13.1. The quantitative estimate of drug-likeness (QED) is 0.631. The number of piperidine rings is 1. The van der Waals surface area contributed by atoms with Crippen molar-refractivity contribution in [3.63, 3.8) is 0 Å². The normalized spacial score (nSPS) is 16.4. The van der Waals surface area contributed by atoms with Crippen molar-refractivity contribution < 1.29 is 9.53 Å². The molecule has 154 valence electrons. The number of nitriles is 1. The predicted molar refractivity (Wildman–Crippen MR) is 111 cm³/mol. The highest BCUT2D eigenvalue weighted by atomic mass is 16.5. The first-order chi connectivity index (χ1) is 14.5. The molecule has 1 aliphatic heterocycles. The summed E-state index contributed by atoms with van der Waals surface area (Å²) < 4.78 is 8.05. The minimum absolute atomic E-state index is 0.0144. The molecule has 0 radical (unpaired) electrons. The number of hydrogen-bond acceptors (Lipinski definition) is 7. The number of pyridine rings is 1. The van der Waals surface area contributed by atoms with Crippen molar-refractivity contribution in [3.8, 4) is 11.9 Å². The molecule has 9 heteroatoms. The minimum atomic E-state index is -0.268. The van der Waals surface area contributed by atoms with Crippen LogP contribution in [0.3, 0.4) is 0 Å². The molecule has 4 rings (SSSR count). The highest BCUT2D eigenvalue weighted by Crippen LogP contribution is 2.31. The minimum Gasteiger partial charge on any atom is -0.410 e. The molecule has 0 saturated carbocycles. The number of aromatic nitrogens is 3. The number of benzene rings is 1. The van der Waals surface area contributed by atoms with Gasteiger partial charge in [0.25, 0.3) is 6.47 Å². The molecule has 0 aliphatic carbocycles. The van der Waals surface area contributed by atoms with Crippen LogP contribution in [0.15, 0.2) is 35.1 Å². The number of nitrogens with two attached hydrogens (primary N) is 1. The largest absolute Gasteiger partial charge is 0.410 e. The second-order valence-electron chi connectivity index (χ2n) is 7.41. The first-order valence-electron chi connectivity index (χ1n) is 9.72. The van der Waals surface area contributed by atoms with Crippen LogP contribution in [0.1, 0.15) is 24.0 Å². The molecule has 3 heterocycles. The molecule has 1 unspecified atom stereocenters. The molecule has 1 fully saturated rings. The van der Waals surface area contributed by atoms with E-state index in [1.165, 1.54) is 4.57 Å². The molecular formula is C21H22N6O3. The summed E-state index contributed by atoms with van der Waals surface area (Å²) in [7, 11) is 1.63. The number of rotatable bonds is 5. The van der Waals surface area contributed by atoms with Crippen LogP contribution >= 0.6 is 0 Å². The van der Waals surface area contributed by atoms with Crippen LogP contribution in [0.25, 0.3) is 11.2 Å². The van der Waals surface area contributed by atoms with Gasteiger partial charge in [-0.3, -0.25) is 13.9 Å². The Hall–Kier alpha value is -3.64. The van der Waals surface area contributed by atoms with Gasteiger partial charge in [0.1, 0.15) is 5.52 Å². The topological polar surface area (TPSA) is 119 Å². The Morgan fingerprint density at radius 2 is 2.20 bits per heavy atom. The summed E-state index contributed by atoms with van der Waals surface area (Å²) in [5.41, 5.74) is 8.93. The zero-order valence-corrected chi connectivity index (χ0v) is 16.6. The summed E-state index contributed by atoms with van der Waals surface area (Å²) in [4.78, 5) is 30.5. The monoisotopic (exact) mass is 406 g/mol. The molecule has 0 bridgehead atoms. The second-order valence-corrected chi connectivity index (χ2v) is 7.41. The number of carbonyl (C=O) groups is 1. The van der Waals surface area contributed by atoms with Gasteiger partial charge in [0, 0.05) is 32.2 Å². The van der Waals surface area contributed by atoms with Gasteiger partial charge in [-0.1, -0.05) is 18.2 Å². The summed E-state index contributed by atoms with van der Waals surface area (Å²) in [5, 5.41) is 9.44. The molecule has 9 nitrogen and oxygen atoms in total. The van der Waals surface area contributed by atoms with Gasteiger partial charge in [-0.25, -0.2) is 4.79 Å². The molecule has 3 aromatic rings. The number of carbonyl (C=O) groups excluding carboxylic acids is 1. The van der Waals surface area contributed by atoms with Gasteiger partial charge in [-0.2, -0.15) is 10.2 Å². The van der Waals surface area contributed by atoms with E-state index in [9.17, 15) is 14.9 Å². The van der Waals surface area contributed by atoms with Crippen LogP contribution in [-0.2, 0) is 18.4 Å². The zero-order chi connectivity index (χ0) is 21.3. The Bertz CT molecular complexity index is 1210. The summed E-state index contributed by atoms with van der Waals surface area (Å²) in [5.74, 6) is 0.122. The first-order valence-corrected chi connectivity index (χ1v) is 9.72. The van der Waals surface area contributed by atoms with Crippen molar-refractivity contribution in [2.75, 3.05) is 18.0 Å². The maximum atomic E-state index is 13.1. The lowest BCUT2D eigenvalue weighted by Gasteiger charge is -2.33. The van der Waals surface area contributed by atoms with Crippen LogP contribution < -0.4 is 21.1 Å². The van der Waals surface area contributed by atoms with E-state index < -0.39 is 0 Å². The zero-order valence-electron chi connectivity index (χ0n) is 16.6. The van der Waals surface area contributed by atoms with E-state index in [0.717, 1.165) is 30.6 Å². The van der Waals surface area contributed by atoms with Crippen molar-refractivity contribution in [3.05, 3.63) is 51.9 Å². The van der Waals surface area contributed by atoms with Gasteiger partial charge >= 0.3 is 5.69 Å². The van der Waals surface area contributed by atoms with Crippen molar-refractivity contribution in [1.82, 2.24) is 14.1 Å². The standard InChI is InChI=1S/C21H22N6O3/c1-25-20-19(27(21(25)29)11-15-6-3-2-5-14(15)10-22)17(9-18(24-20)30-13-28)26-8-4-7-16(23)12-26/h2-3,5-6,9,13,16H,4,7-8,11-12,23H2,1H3. The van der Waals surface area contributed by atoms with Gasteiger partial charge in [0.05, 0.1) is 23.9 Å². The van der Waals surface area contributed by atoms with E-state index in [4.69, 9.17) is 10.5 Å². The van der Waals surface area contributed by atoms with Crippen molar-refractivity contribution in [1.29, 1.82) is 5.26 Å². The van der Waals surface area contributed by atoms with E-state index in [1.54, 1.807) is 29.8 Å². The van der Waals surface area contributed by atoms with Crippen LogP contribution in [0.2, 0.25) is 0 Å². The van der Waals surface area contributed by atoms with E-state index in [0.29, 0.717) is 29.7 Å². The molecule has 1 aromatic carbocycles. The van der Waals surface area contributed by atoms with Crippen LogP contribution in [-0.4, -0.2) is 39.7 Å². The van der Waals surface area contributed by atoms with Gasteiger partial charge in [0.2, 0.25) is 5.88 Å². The molecule has 0 amide bonds.